The van der Waals surface area contributed by atoms with Crippen molar-refractivity contribution < 1.29 is 23.5 Å². The predicted octanol–water partition coefficient (Wildman–Crippen LogP) is 3.59. The van der Waals surface area contributed by atoms with Gasteiger partial charge < -0.3 is 19.5 Å². The summed E-state index contributed by atoms with van der Waals surface area (Å²) in [6, 6.07) is 4.86. The lowest BCUT2D eigenvalue weighted by Gasteiger charge is -2.32. The van der Waals surface area contributed by atoms with Gasteiger partial charge in [-0.3, -0.25) is 9.36 Å². The summed E-state index contributed by atoms with van der Waals surface area (Å²) in [5.74, 6) is -0.815. The fourth-order valence-electron chi connectivity index (χ4n) is 2.25. The van der Waals surface area contributed by atoms with Crippen LogP contribution in [0.1, 0.15) is 33.3 Å². The zero-order chi connectivity index (χ0) is 16.7. The van der Waals surface area contributed by atoms with E-state index in [0.717, 1.165) is 0 Å². The van der Waals surface area contributed by atoms with Crippen LogP contribution in [0.3, 0.4) is 0 Å². The number of benzene rings is 1. The molecule has 0 saturated carbocycles. The van der Waals surface area contributed by atoms with Crippen molar-refractivity contribution >= 4 is 35.1 Å². The Bertz CT molecular complexity index is 634. The summed E-state index contributed by atoms with van der Waals surface area (Å²) >= 11 is 3.28. The van der Waals surface area contributed by atoms with Crippen LogP contribution in [0, 0.1) is 0 Å². The lowest BCUT2D eigenvalue weighted by Crippen LogP contribution is -2.37. The van der Waals surface area contributed by atoms with Crippen LogP contribution >= 0.6 is 23.5 Å². The first-order valence-corrected chi connectivity index (χ1v) is 9.24. The molecule has 1 aromatic carbocycles. The van der Waals surface area contributed by atoms with E-state index in [1.165, 1.54) is 6.07 Å². The molecule has 122 valence electrons. The van der Waals surface area contributed by atoms with E-state index in [9.17, 15) is 14.5 Å². The summed E-state index contributed by atoms with van der Waals surface area (Å²) in [6.45, 7) is 6.64. The van der Waals surface area contributed by atoms with Gasteiger partial charge >= 0.3 is 7.60 Å². The molecule has 6 nitrogen and oxygen atoms in total. The van der Waals surface area contributed by atoms with E-state index in [1.807, 2.05) is 0 Å². The van der Waals surface area contributed by atoms with Crippen molar-refractivity contribution in [3.05, 3.63) is 28.2 Å². The largest absolute Gasteiger partial charge is 0.377 e. The van der Waals surface area contributed by atoms with E-state index >= 15 is 0 Å². The van der Waals surface area contributed by atoms with Gasteiger partial charge in [-0.15, -0.1) is 0 Å². The fourth-order valence-corrected chi connectivity index (χ4v) is 4.86. The second kappa shape index (κ2) is 6.06. The van der Waals surface area contributed by atoms with Gasteiger partial charge in [-0.25, -0.2) is 0 Å². The molecule has 1 atom stereocenters. The molecule has 0 radical (unpaired) electrons. The number of carbonyl (C=O) groups is 1. The van der Waals surface area contributed by atoms with E-state index in [0.29, 0.717) is 10.2 Å². The third-order valence-corrected chi connectivity index (χ3v) is 6.15. The van der Waals surface area contributed by atoms with Crippen LogP contribution < -0.4 is 5.32 Å². The molecule has 0 saturated heterocycles. The average Bonchev–Trinajstić information content (AvgIpc) is 2.61. The highest BCUT2D eigenvalue weighted by atomic mass is 79.9. The molecule has 2 rings (SSSR count). The SMILES string of the molecule is CC(C)OP(=O)(OC(C)C)[C@@]1(O)C(=O)Nc2ccc(Br)cc21. The molecule has 0 aromatic heterocycles. The summed E-state index contributed by atoms with van der Waals surface area (Å²) < 4.78 is 24.7. The highest BCUT2D eigenvalue weighted by Gasteiger charge is 2.62. The lowest BCUT2D eigenvalue weighted by atomic mass is 10.1. The van der Waals surface area contributed by atoms with E-state index in [-0.39, 0.29) is 5.56 Å². The van der Waals surface area contributed by atoms with Crippen LogP contribution in [-0.4, -0.2) is 23.2 Å². The summed E-state index contributed by atoms with van der Waals surface area (Å²) in [4.78, 5) is 12.4. The number of nitrogens with one attached hydrogen (secondary N) is 1. The van der Waals surface area contributed by atoms with Crippen molar-refractivity contribution in [3.8, 4) is 0 Å². The smallest absolute Gasteiger partial charge is 0.366 e. The first kappa shape index (κ1) is 17.6. The van der Waals surface area contributed by atoms with Gasteiger partial charge in [0.2, 0.25) is 0 Å². The number of carbonyl (C=O) groups excluding carboxylic acids is 1. The average molecular weight is 392 g/mol. The van der Waals surface area contributed by atoms with E-state index in [2.05, 4.69) is 21.2 Å². The summed E-state index contributed by atoms with van der Waals surface area (Å²) in [7, 11) is -4.18. The third kappa shape index (κ3) is 2.88. The molecular weight excluding hydrogens is 373 g/mol. The zero-order valence-corrected chi connectivity index (χ0v) is 15.3. The number of halogens is 1. The van der Waals surface area contributed by atoms with Gasteiger partial charge in [0.05, 0.1) is 12.2 Å². The van der Waals surface area contributed by atoms with Crippen LogP contribution in [-0.2, 0) is 23.7 Å². The monoisotopic (exact) mass is 391 g/mol. The molecule has 0 bridgehead atoms. The van der Waals surface area contributed by atoms with Gasteiger partial charge in [0.25, 0.3) is 11.2 Å². The Morgan fingerprint density at radius 2 is 1.77 bits per heavy atom. The molecule has 0 unspecified atom stereocenters. The second-order valence-corrected chi connectivity index (χ2v) is 8.60. The Morgan fingerprint density at radius 1 is 1.23 bits per heavy atom. The van der Waals surface area contributed by atoms with E-state index in [4.69, 9.17) is 9.05 Å². The minimum atomic E-state index is -4.18. The molecule has 0 fully saturated rings. The molecule has 0 spiro atoms. The standard InChI is InChI=1S/C14H19BrNO5P/c1-8(2)20-22(19,21-9(3)4)14(18)11-7-10(15)5-6-12(11)16-13(14)17/h5-9,18H,1-4H3,(H,16,17)/t14-/m1/s1. The summed E-state index contributed by atoms with van der Waals surface area (Å²) in [5.41, 5.74) is 0.562. The summed E-state index contributed by atoms with van der Waals surface area (Å²) in [5, 5.41) is 11.2. The van der Waals surface area contributed by atoms with Crippen LogP contribution in [0.25, 0.3) is 0 Å². The Morgan fingerprint density at radius 3 is 2.27 bits per heavy atom. The van der Waals surface area contributed by atoms with Gasteiger partial charge in [0.15, 0.2) is 0 Å². The highest BCUT2D eigenvalue weighted by molar-refractivity contribution is 9.10. The lowest BCUT2D eigenvalue weighted by molar-refractivity contribution is -0.128. The molecule has 1 aliphatic rings. The zero-order valence-electron chi connectivity index (χ0n) is 12.8. The topological polar surface area (TPSA) is 84.9 Å². The van der Waals surface area contributed by atoms with Crippen molar-refractivity contribution in [2.24, 2.45) is 0 Å². The number of hydrogen-bond acceptors (Lipinski definition) is 5. The Labute approximate surface area is 137 Å². The van der Waals surface area contributed by atoms with Crippen LogP contribution in [0.2, 0.25) is 0 Å². The molecule has 2 N–H and O–H groups in total. The molecular formula is C14H19BrNO5P. The van der Waals surface area contributed by atoms with E-state index in [1.54, 1.807) is 39.8 Å². The highest BCUT2D eigenvalue weighted by Crippen LogP contribution is 2.67. The minimum Gasteiger partial charge on any atom is -0.366 e. The van der Waals surface area contributed by atoms with Crippen molar-refractivity contribution in [3.63, 3.8) is 0 Å². The van der Waals surface area contributed by atoms with Gasteiger partial charge in [0.1, 0.15) is 0 Å². The number of rotatable bonds is 5. The molecule has 1 aliphatic heterocycles. The maximum absolute atomic E-state index is 13.3. The normalized spacial score (nSPS) is 21.4. The minimum absolute atomic E-state index is 0.177. The first-order valence-electron chi connectivity index (χ1n) is 6.91. The molecule has 1 amide bonds. The number of anilines is 1. The molecule has 8 heteroatoms. The maximum atomic E-state index is 13.3. The number of hydrogen-bond donors (Lipinski definition) is 2. The number of amides is 1. The van der Waals surface area contributed by atoms with Crippen LogP contribution in [0.5, 0.6) is 0 Å². The molecule has 1 aromatic rings. The van der Waals surface area contributed by atoms with Gasteiger partial charge in [-0.05, 0) is 45.9 Å². The second-order valence-electron chi connectivity index (χ2n) is 5.62. The van der Waals surface area contributed by atoms with Crippen molar-refractivity contribution in [1.29, 1.82) is 0 Å². The predicted molar refractivity (Wildman–Crippen MR) is 86.7 cm³/mol. The maximum Gasteiger partial charge on any atom is 0.377 e. The first-order chi connectivity index (χ1) is 10.1. The molecule has 22 heavy (non-hydrogen) atoms. The van der Waals surface area contributed by atoms with Gasteiger partial charge in [0, 0.05) is 15.7 Å². The van der Waals surface area contributed by atoms with Crippen molar-refractivity contribution in [2.75, 3.05) is 5.32 Å². The van der Waals surface area contributed by atoms with Crippen molar-refractivity contribution in [2.45, 2.75) is 45.2 Å². The van der Waals surface area contributed by atoms with Crippen LogP contribution in [0.4, 0.5) is 5.69 Å². The summed E-state index contributed by atoms with van der Waals surface area (Å²) in [6.07, 6.45) is -0.977. The number of aliphatic hydroxyl groups is 1. The third-order valence-electron chi connectivity index (χ3n) is 3.02. The fraction of sp³-hybridized carbons (Fsp3) is 0.500. The van der Waals surface area contributed by atoms with Crippen molar-refractivity contribution in [1.82, 2.24) is 0 Å². The van der Waals surface area contributed by atoms with Gasteiger partial charge in [-0.2, -0.15) is 0 Å². The van der Waals surface area contributed by atoms with E-state index < -0.39 is 31.1 Å². The number of fused-ring (bicyclic) bond motifs is 1. The molecule has 0 aliphatic carbocycles. The Balaban J connectivity index is 2.62. The van der Waals surface area contributed by atoms with Gasteiger partial charge in [-0.1, -0.05) is 15.9 Å². The Hall–Kier alpha value is -0.720. The Kier molecular flexibility index (Phi) is 4.85. The molecule has 1 heterocycles. The van der Waals surface area contributed by atoms with Crippen LogP contribution in [0.15, 0.2) is 22.7 Å². The quantitative estimate of drug-likeness (QED) is 0.749.